The number of nitrogens with zero attached hydrogens (tertiary/aromatic N) is 5. The molecule has 1 aliphatic rings. The Morgan fingerprint density at radius 1 is 1.12 bits per heavy atom. The van der Waals surface area contributed by atoms with E-state index in [1.165, 1.54) is 0 Å². The molecule has 4 rings (SSSR count). The summed E-state index contributed by atoms with van der Waals surface area (Å²) in [5.41, 5.74) is 0.885. The van der Waals surface area contributed by atoms with Gasteiger partial charge in [0.1, 0.15) is 23.5 Å². The lowest BCUT2D eigenvalue weighted by Crippen LogP contribution is -2.41. The van der Waals surface area contributed by atoms with E-state index in [1.54, 1.807) is 24.8 Å². The molecule has 3 aromatic rings. The number of hydrogen-bond acceptors (Lipinski definition) is 6. The number of rotatable bonds is 3. The van der Waals surface area contributed by atoms with Crippen LogP contribution in [0.25, 0.3) is 10.9 Å². The van der Waals surface area contributed by atoms with Crippen molar-refractivity contribution in [2.24, 2.45) is 0 Å². The molecule has 0 N–H and O–H groups in total. The zero-order valence-corrected chi connectivity index (χ0v) is 13.6. The van der Waals surface area contributed by atoms with Gasteiger partial charge in [0.05, 0.1) is 24.5 Å². The van der Waals surface area contributed by atoms with Gasteiger partial charge in [-0.05, 0) is 38.0 Å². The van der Waals surface area contributed by atoms with Gasteiger partial charge >= 0.3 is 0 Å². The van der Waals surface area contributed by atoms with Crippen molar-refractivity contribution in [2.45, 2.75) is 25.9 Å². The van der Waals surface area contributed by atoms with E-state index in [4.69, 9.17) is 4.74 Å². The Labute approximate surface area is 140 Å². The van der Waals surface area contributed by atoms with Crippen molar-refractivity contribution in [3.05, 3.63) is 48.8 Å². The molecule has 0 bridgehead atoms. The van der Waals surface area contributed by atoms with Crippen LogP contribution in [0.4, 0.5) is 5.82 Å². The van der Waals surface area contributed by atoms with Crippen LogP contribution in [0.3, 0.4) is 0 Å². The minimum Gasteiger partial charge on any atom is -0.487 e. The Bertz CT molecular complexity index is 839. The fourth-order valence-electron chi connectivity index (χ4n) is 3.15. The van der Waals surface area contributed by atoms with Gasteiger partial charge < -0.3 is 9.64 Å². The lowest BCUT2D eigenvalue weighted by Gasteiger charge is -2.34. The van der Waals surface area contributed by atoms with Gasteiger partial charge in [-0.3, -0.25) is 9.97 Å². The fraction of sp³-hybridized carbons (Fsp3) is 0.333. The van der Waals surface area contributed by atoms with Crippen molar-refractivity contribution in [1.82, 2.24) is 19.9 Å². The minimum absolute atomic E-state index is 0.134. The lowest BCUT2D eigenvalue weighted by molar-refractivity contribution is 0.178. The van der Waals surface area contributed by atoms with Crippen LogP contribution in [0.15, 0.2) is 43.0 Å². The first-order chi connectivity index (χ1) is 11.8. The first kappa shape index (κ1) is 14.8. The first-order valence-electron chi connectivity index (χ1n) is 8.19. The van der Waals surface area contributed by atoms with E-state index in [-0.39, 0.29) is 6.10 Å². The van der Waals surface area contributed by atoms with Gasteiger partial charge in [-0.1, -0.05) is 0 Å². The van der Waals surface area contributed by atoms with Crippen molar-refractivity contribution in [3.63, 3.8) is 0 Å². The molecular weight excluding hydrogens is 302 g/mol. The summed E-state index contributed by atoms with van der Waals surface area (Å²) in [7, 11) is 0. The number of pyridine rings is 2. The van der Waals surface area contributed by atoms with E-state index in [0.29, 0.717) is 0 Å². The SMILES string of the molecule is Cc1nc(N2CCCC(Oc3cccnc3)C2)c2ccncc2n1. The lowest BCUT2D eigenvalue weighted by atomic mass is 10.1. The van der Waals surface area contributed by atoms with Gasteiger partial charge in [0.2, 0.25) is 0 Å². The number of aromatic nitrogens is 4. The number of aryl methyl sites for hydroxylation is 1. The van der Waals surface area contributed by atoms with Gasteiger partial charge in [-0.2, -0.15) is 0 Å². The van der Waals surface area contributed by atoms with E-state index in [1.807, 2.05) is 25.1 Å². The number of fused-ring (bicyclic) bond motifs is 1. The third-order valence-corrected chi connectivity index (χ3v) is 4.21. The monoisotopic (exact) mass is 321 g/mol. The zero-order valence-electron chi connectivity index (χ0n) is 13.6. The third kappa shape index (κ3) is 2.99. The zero-order chi connectivity index (χ0) is 16.4. The third-order valence-electron chi connectivity index (χ3n) is 4.21. The maximum atomic E-state index is 6.09. The number of ether oxygens (including phenoxy) is 1. The molecule has 0 spiro atoms. The highest BCUT2D eigenvalue weighted by Gasteiger charge is 2.24. The Hall–Kier alpha value is -2.76. The second-order valence-corrected chi connectivity index (χ2v) is 6.00. The molecule has 1 atom stereocenters. The predicted octanol–water partition coefficient (Wildman–Crippen LogP) is 2.78. The maximum absolute atomic E-state index is 6.09. The predicted molar refractivity (Wildman–Crippen MR) is 92.2 cm³/mol. The molecule has 24 heavy (non-hydrogen) atoms. The van der Waals surface area contributed by atoms with Crippen molar-refractivity contribution in [2.75, 3.05) is 18.0 Å². The van der Waals surface area contributed by atoms with Crippen LogP contribution < -0.4 is 9.64 Å². The van der Waals surface area contributed by atoms with Crippen LogP contribution in [-0.2, 0) is 0 Å². The molecule has 0 aromatic carbocycles. The molecule has 0 aliphatic carbocycles. The van der Waals surface area contributed by atoms with Gasteiger partial charge in [0.15, 0.2) is 0 Å². The smallest absolute Gasteiger partial charge is 0.140 e. The fourth-order valence-corrected chi connectivity index (χ4v) is 3.15. The molecule has 1 unspecified atom stereocenters. The number of hydrogen-bond donors (Lipinski definition) is 0. The summed E-state index contributed by atoms with van der Waals surface area (Å²) in [4.78, 5) is 19.7. The molecule has 1 saturated heterocycles. The molecule has 122 valence electrons. The molecule has 0 amide bonds. The molecule has 1 aliphatic heterocycles. The quantitative estimate of drug-likeness (QED) is 0.739. The van der Waals surface area contributed by atoms with Crippen LogP contribution in [0.2, 0.25) is 0 Å². The molecular formula is C18H19N5O. The summed E-state index contributed by atoms with van der Waals surface area (Å²) in [6.07, 6.45) is 9.34. The van der Waals surface area contributed by atoms with Crippen LogP contribution in [0.5, 0.6) is 5.75 Å². The van der Waals surface area contributed by atoms with Crippen LogP contribution in [0, 0.1) is 6.92 Å². The van der Waals surface area contributed by atoms with Gasteiger partial charge in [0, 0.05) is 24.3 Å². The van der Waals surface area contributed by atoms with Crippen molar-refractivity contribution in [1.29, 1.82) is 0 Å². The van der Waals surface area contributed by atoms with Crippen molar-refractivity contribution in [3.8, 4) is 5.75 Å². The van der Waals surface area contributed by atoms with Crippen LogP contribution in [-0.4, -0.2) is 39.1 Å². The highest BCUT2D eigenvalue weighted by Crippen LogP contribution is 2.27. The standard InChI is InChI=1S/C18H19N5O/c1-13-21-17-11-20-8-6-16(17)18(22-13)23-9-3-5-15(12-23)24-14-4-2-7-19-10-14/h2,4,6-8,10-11,15H,3,5,9,12H2,1H3. The van der Waals surface area contributed by atoms with E-state index >= 15 is 0 Å². The van der Waals surface area contributed by atoms with Gasteiger partial charge in [-0.15, -0.1) is 0 Å². The van der Waals surface area contributed by atoms with Crippen LogP contribution >= 0.6 is 0 Å². The summed E-state index contributed by atoms with van der Waals surface area (Å²) in [5.74, 6) is 2.55. The van der Waals surface area contributed by atoms with Gasteiger partial charge in [-0.25, -0.2) is 9.97 Å². The Morgan fingerprint density at radius 3 is 2.92 bits per heavy atom. The summed E-state index contributed by atoms with van der Waals surface area (Å²) in [6.45, 7) is 3.70. The normalized spacial score (nSPS) is 17.9. The second kappa shape index (κ2) is 6.39. The van der Waals surface area contributed by atoms with Crippen molar-refractivity contribution >= 4 is 16.7 Å². The topological polar surface area (TPSA) is 64.0 Å². The number of anilines is 1. The summed E-state index contributed by atoms with van der Waals surface area (Å²) in [5, 5.41) is 1.04. The molecule has 0 saturated carbocycles. The number of piperidine rings is 1. The summed E-state index contributed by atoms with van der Waals surface area (Å²) >= 11 is 0. The molecule has 0 radical (unpaired) electrons. The van der Waals surface area contributed by atoms with E-state index in [9.17, 15) is 0 Å². The molecule has 6 nitrogen and oxygen atoms in total. The summed E-state index contributed by atoms with van der Waals surface area (Å²) < 4.78 is 6.09. The largest absolute Gasteiger partial charge is 0.487 e. The molecule has 3 aromatic heterocycles. The van der Waals surface area contributed by atoms with Crippen molar-refractivity contribution < 1.29 is 4.74 Å². The summed E-state index contributed by atoms with van der Waals surface area (Å²) in [6, 6.07) is 5.82. The van der Waals surface area contributed by atoms with Crippen LogP contribution in [0.1, 0.15) is 18.7 Å². The minimum atomic E-state index is 0.134. The molecule has 1 fully saturated rings. The average Bonchev–Trinajstić information content (AvgIpc) is 2.62. The Balaban J connectivity index is 1.60. The maximum Gasteiger partial charge on any atom is 0.140 e. The Kier molecular flexibility index (Phi) is 3.94. The molecule has 6 heteroatoms. The first-order valence-corrected chi connectivity index (χ1v) is 8.19. The highest BCUT2D eigenvalue weighted by molar-refractivity contribution is 5.88. The second-order valence-electron chi connectivity index (χ2n) is 6.00. The van der Waals surface area contributed by atoms with E-state index in [0.717, 1.165) is 54.2 Å². The highest BCUT2D eigenvalue weighted by atomic mass is 16.5. The van der Waals surface area contributed by atoms with Gasteiger partial charge in [0.25, 0.3) is 0 Å². The average molecular weight is 321 g/mol. The van der Waals surface area contributed by atoms with E-state index < -0.39 is 0 Å². The molecule has 4 heterocycles. The Morgan fingerprint density at radius 2 is 2.04 bits per heavy atom. The van der Waals surface area contributed by atoms with E-state index in [2.05, 4.69) is 24.8 Å².